The molecule has 2 aliphatic rings. The number of amides is 2. The number of benzene rings is 1. The number of hydrogen-bond donors (Lipinski definition) is 0. The minimum Gasteiger partial charge on any atom is -0.462 e. The number of carbonyl (C=O) groups is 3. The van der Waals surface area contributed by atoms with Gasteiger partial charge in [0, 0.05) is 11.2 Å². The van der Waals surface area contributed by atoms with Gasteiger partial charge in [0.25, 0.3) is 0 Å². The minimum atomic E-state index is -0.395. The molecule has 2 amide bonds. The van der Waals surface area contributed by atoms with E-state index in [0.717, 1.165) is 37.1 Å². The highest BCUT2D eigenvalue weighted by Gasteiger charge is 2.46. The number of thioether (sulfide) groups is 1. The number of aromatic nitrogens is 3. The summed E-state index contributed by atoms with van der Waals surface area (Å²) in [5.74, 6) is -0.608. The second-order valence-corrected chi connectivity index (χ2v) is 11.8. The number of ether oxygens (including phenoxy) is 1. The third-order valence-corrected chi connectivity index (χ3v) is 7.43. The lowest BCUT2D eigenvalue weighted by Crippen LogP contribution is -2.37. The zero-order chi connectivity index (χ0) is 24.5. The molecule has 2 aromatic rings. The van der Waals surface area contributed by atoms with E-state index in [-0.39, 0.29) is 34.2 Å². The van der Waals surface area contributed by atoms with Crippen LogP contribution in [0.4, 0.5) is 0 Å². The molecule has 0 bridgehead atoms. The molecular weight excluding hydrogens is 452 g/mol. The fourth-order valence-corrected chi connectivity index (χ4v) is 5.92. The molecule has 1 fully saturated rings. The maximum Gasteiger partial charge on any atom is 0.338 e. The second-order valence-electron chi connectivity index (χ2n) is 9.74. The Labute approximate surface area is 204 Å². The van der Waals surface area contributed by atoms with Gasteiger partial charge in [-0.2, -0.15) is 0 Å². The Morgan fingerprint density at radius 3 is 2.56 bits per heavy atom. The SMILES string of the molecule is CCOC(=O)c1ccc(-n2nnc3c2CCCCCC3N2C(=O)CC(SC(C)(C)C)C2=O)cc1. The molecule has 2 unspecified atom stereocenters. The van der Waals surface area contributed by atoms with Crippen molar-refractivity contribution in [2.45, 2.75) is 82.3 Å². The molecule has 1 aromatic heterocycles. The van der Waals surface area contributed by atoms with Crippen LogP contribution in [0.1, 0.15) is 87.6 Å². The van der Waals surface area contributed by atoms with Crippen LogP contribution < -0.4 is 0 Å². The maximum atomic E-state index is 13.3. The number of imide groups is 1. The summed E-state index contributed by atoms with van der Waals surface area (Å²) in [5, 5.41) is 8.54. The van der Waals surface area contributed by atoms with E-state index in [9.17, 15) is 14.4 Å². The fourth-order valence-electron chi connectivity index (χ4n) is 4.63. The van der Waals surface area contributed by atoms with E-state index in [1.165, 1.54) is 4.90 Å². The van der Waals surface area contributed by atoms with Gasteiger partial charge >= 0.3 is 5.97 Å². The summed E-state index contributed by atoms with van der Waals surface area (Å²) in [6.45, 7) is 8.28. The quantitative estimate of drug-likeness (QED) is 0.462. The molecule has 1 aliphatic heterocycles. The standard InChI is InChI=1S/C25H32N4O4S/c1-5-33-24(32)16-11-13-17(14-12-16)29-19-10-8-6-7-9-18(22(19)26-27-29)28-21(30)15-20(23(28)31)34-25(2,3)4/h11-14,18,20H,5-10,15H2,1-4H3. The van der Waals surface area contributed by atoms with Gasteiger partial charge in [0.05, 0.1) is 34.8 Å². The Hall–Kier alpha value is -2.68. The van der Waals surface area contributed by atoms with E-state index in [1.54, 1.807) is 35.5 Å². The van der Waals surface area contributed by atoms with E-state index in [4.69, 9.17) is 4.74 Å². The van der Waals surface area contributed by atoms with Crippen LogP contribution in [0.15, 0.2) is 24.3 Å². The van der Waals surface area contributed by atoms with Gasteiger partial charge in [-0.3, -0.25) is 14.5 Å². The summed E-state index contributed by atoms with van der Waals surface area (Å²) in [4.78, 5) is 39.8. The number of nitrogens with zero attached hydrogens (tertiary/aromatic N) is 4. The third kappa shape index (κ3) is 5.04. The second kappa shape index (κ2) is 9.90. The first-order valence-corrected chi connectivity index (χ1v) is 12.8. The van der Waals surface area contributed by atoms with Crippen molar-refractivity contribution < 1.29 is 19.1 Å². The molecule has 2 atom stereocenters. The Kier molecular flexibility index (Phi) is 7.12. The largest absolute Gasteiger partial charge is 0.462 e. The highest BCUT2D eigenvalue weighted by atomic mass is 32.2. The van der Waals surface area contributed by atoms with Crippen LogP contribution in [0.2, 0.25) is 0 Å². The van der Waals surface area contributed by atoms with Gasteiger partial charge in [0.1, 0.15) is 5.69 Å². The van der Waals surface area contributed by atoms with Crippen LogP contribution in [0.5, 0.6) is 0 Å². The molecule has 0 saturated carbocycles. The van der Waals surface area contributed by atoms with Gasteiger partial charge in [-0.05, 0) is 50.5 Å². The third-order valence-electron chi connectivity index (χ3n) is 6.07. The van der Waals surface area contributed by atoms with E-state index in [1.807, 2.05) is 12.1 Å². The summed E-state index contributed by atoms with van der Waals surface area (Å²) >= 11 is 1.55. The van der Waals surface area contributed by atoms with Gasteiger partial charge in [-0.1, -0.05) is 38.8 Å². The molecule has 0 radical (unpaired) electrons. The summed E-state index contributed by atoms with van der Waals surface area (Å²) in [5.41, 5.74) is 2.88. The number of likely N-dealkylation sites (tertiary alicyclic amines) is 1. The average molecular weight is 485 g/mol. The first-order valence-electron chi connectivity index (χ1n) is 12.0. The molecule has 8 nitrogen and oxygen atoms in total. The summed E-state index contributed by atoms with van der Waals surface area (Å²) < 4.78 is 6.73. The van der Waals surface area contributed by atoms with Crippen LogP contribution in [0.3, 0.4) is 0 Å². The molecule has 9 heteroatoms. The van der Waals surface area contributed by atoms with Crippen molar-refractivity contribution in [3.63, 3.8) is 0 Å². The summed E-state index contributed by atoms with van der Waals surface area (Å²) in [6, 6.07) is 6.66. The van der Waals surface area contributed by atoms with Crippen molar-refractivity contribution in [2.24, 2.45) is 0 Å². The van der Waals surface area contributed by atoms with Gasteiger partial charge < -0.3 is 4.74 Å². The minimum absolute atomic E-state index is 0.110. The molecule has 0 N–H and O–H groups in total. The van der Waals surface area contributed by atoms with Crippen molar-refractivity contribution in [2.75, 3.05) is 6.61 Å². The Morgan fingerprint density at radius 1 is 1.15 bits per heavy atom. The molecule has 2 heterocycles. The number of rotatable bonds is 5. The number of carbonyl (C=O) groups excluding carboxylic acids is 3. The molecule has 1 aliphatic carbocycles. The molecule has 0 spiro atoms. The topological polar surface area (TPSA) is 94.4 Å². The lowest BCUT2D eigenvalue weighted by atomic mass is 9.96. The lowest BCUT2D eigenvalue weighted by molar-refractivity contribution is -0.141. The van der Waals surface area contributed by atoms with Crippen LogP contribution >= 0.6 is 11.8 Å². The van der Waals surface area contributed by atoms with E-state index in [0.29, 0.717) is 24.3 Å². The van der Waals surface area contributed by atoms with Crippen LogP contribution in [0.25, 0.3) is 5.69 Å². The van der Waals surface area contributed by atoms with Crippen molar-refractivity contribution in [1.82, 2.24) is 19.9 Å². The monoisotopic (exact) mass is 484 g/mol. The maximum absolute atomic E-state index is 13.3. The van der Waals surface area contributed by atoms with Crippen molar-refractivity contribution in [1.29, 1.82) is 0 Å². The van der Waals surface area contributed by atoms with Crippen molar-refractivity contribution in [3.8, 4) is 5.69 Å². The molecule has 4 rings (SSSR count). The molecule has 1 aromatic carbocycles. The van der Waals surface area contributed by atoms with Gasteiger partial charge in [-0.25, -0.2) is 9.48 Å². The first kappa shape index (κ1) is 24.4. The average Bonchev–Trinajstić information content (AvgIpc) is 3.28. The Bertz CT molecular complexity index is 1070. The van der Waals surface area contributed by atoms with Crippen molar-refractivity contribution in [3.05, 3.63) is 41.2 Å². The molecule has 34 heavy (non-hydrogen) atoms. The highest BCUT2D eigenvalue weighted by Crippen LogP contribution is 2.40. The smallest absolute Gasteiger partial charge is 0.338 e. The lowest BCUT2D eigenvalue weighted by Gasteiger charge is -2.28. The number of esters is 1. The van der Waals surface area contributed by atoms with Gasteiger partial charge in [0.2, 0.25) is 11.8 Å². The van der Waals surface area contributed by atoms with E-state index < -0.39 is 6.04 Å². The highest BCUT2D eigenvalue weighted by molar-refractivity contribution is 8.01. The van der Waals surface area contributed by atoms with E-state index in [2.05, 4.69) is 31.1 Å². The Morgan fingerprint density at radius 2 is 1.88 bits per heavy atom. The first-order chi connectivity index (χ1) is 16.2. The fraction of sp³-hybridized carbons (Fsp3) is 0.560. The molecular formula is C25H32N4O4S. The Balaban J connectivity index is 1.65. The van der Waals surface area contributed by atoms with Gasteiger partial charge in [-0.15, -0.1) is 16.9 Å². The van der Waals surface area contributed by atoms with Gasteiger partial charge in [0.15, 0.2) is 0 Å². The zero-order valence-electron chi connectivity index (χ0n) is 20.2. The molecule has 182 valence electrons. The summed E-state index contributed by atoms with van der Waals surface area (Å²) in [6.07, 6.45) is 4.61. The number of fused-ring (bicyclic) bond motifs is 1. The van der Waals surface area contributed by atoms with Crippen LogP contribution in [0, 0.1) is 0 Å². The van der Waals surface area contributed by atoms with E-state index >= 15 is 0 Å². The van der Waals surface area contributed by atoms with Crippen LogP contribution in [-0.2, 0) is 20.7 Å². The number of hydrogen-bond acceptors (Lipinski definition) is 7. The normalized spacial score (nSPS) is 21.2. The predicted molar refractivity (Wildman–Crippen MR) is 130 cm³/mol. The van der Waals surface area contributed by atoms with Crippen molar-refractivity contribution >= 4 is 29.5 Å². The predicted octanol–water partition coefficient (Wildman–Crippen LogP) is 4.26. The zero-order valence-corrected chi connectivity index (χ0v) is 21.1. The summed E-state index contributed by atoms with van der Waals surface area (Å²) in [7, 11) is 0. The molecule has 1 saturated heterocycles. The van der Waals surface area contributed by atoms with Crippen LogP contribution in [-0.4, -0.2) is 54.3 Å².